The van der Waals surface area contributed by atoms with Crippen molar-refractivity contribution in [1.29, 1.82) is 0 Å². The van der Waals surface area contributed by atoms with Crippen LogP contribution in [0.2, 0.25) is 8.67 Å². The van der Waals surface area contributed by atoms with Crippen molar-refractivity contribution in [3.05, 3.63) is 49.9 Å². The van der Waals surface area contributed by atoms with Gasteiger partial charge in [0.25, 0.3) is 0 Å². The standard InChI is InChI=1S/C12H12Cl2N2S/c1-7-3-4-16-6-9(7)11(15-2)8-5-10(13)17-12(8)14/h3-6,11,15H,1-2H3. The molecule has 2 aromatic heterocycles. The summed E-state index contributed by atoms with van der Waals surface area (Å²) in [6, 6.07) is 3.92. The van der Waals surface area contributed by atoms with Gasteiger partial charge < -0.3 is 5.32 Å². The molecule has 0 aliphatic rings. The van der Waals surface area contributed by atoms with Crippen molar-refractivity contribution in [3.8, 4) is 0 Å². The number of nitrogens with zero attached hydrogens (tertiary/aromatic N) is 1. The van der Waals surface area contributed by atoms with E-state index in [0.717, 1.165) is 15.5 Å². The highest BCUT2D eigenvalue weighted by Crippen LogP contribution is 2.37. The van der Waals surface area contributed by atoms with Crippen LogP contribution < -0.4 is 5.32 Å². The smallest absolute Gasteiger partial charge is 0.0995 e. The Morgan fingerprint density at radius 2 is 2.12 bits per heavy atom. The number of rotatable bonds is 3. The van der Waals surface area contributed by atoms with Gasteiger partial charge in [0.15, 0.2) is 0 Å². The molecule has 0 aliphatic heterocycles. The quantitative estimate of drug-likeness (QED) is 0.920. The van der Waals surface area contributed by atoms with Crippen molar-refractivity contribution in [1.82, 2.24) is 10.3 Å². The maximum absolute atomic E-state index is 6.19. The molecule has 0 bridgehead atoms. The monoisotopic (exact) mass is 286 g/mol. The number of hydrogen-bond acceptors (Lipinski definition) is 3. The first-order chi connectivity index (χ1) is 8.13. The number of hydrogen-bond donors (Lipinski definition) is 1. The van der Waals surface area contributed by atoms with Crippen molar-refractivity contribution in [2.45, 2.75) is 13.0 Å². The van der Waals surface area contributed by atoms with Gasteiger partial charge in [-0.05, 0) is 37.2 Å². The number of nitrogens with one attached hydrogen (secondary N) is 1. The number of halogens is 2. The summed E-state index contributed by atoms with van der Waals surface area (Å²) < 4.78 is 1.42. The lowest BCUT2D eigenvalue weighted by Gasteiger charge is -2.17. The fourth-order valence-electron chi connectivity index (χ4n) is 1.81. The predicted octanol–water partition coefficient (Wildman–Crippen LogP) is 4.07. The SMILES string of the molecule is CNC(c1cnccc1C)c1cc(Cl)sc1Cl. The number of aryl methyl sites for hydroxylation is 1. The van der Waals surface area contributed by atoms with Crippen LogP contribution in [0.25, 0.3) is 0 Å². The summed E-state index contributed by atoms with van der Waals surface area (Å²) in [4.78, 5) is 4.16. The lowest BCUT2D eigenvalue weighted by Crippen LogP contribution is -2.18. The maximum Gasteiger partial charge on any atom is 0.0995 e. The predicted molar refractivity (Wildman–Crippen MR) is 74.2 cm³/mol. The molecule has 0 saturated carbocycles. The average molecular weight is 287 g/mol. The summed E-state index contributed by atoms with van der Waals surface area (Å²) in [6.07, 6.45) is 3.64. The van der Waals surface area contributed by atoms with Crippen molar-refractivity contribution >= 4 is 34.5 Å². The van der Waals surface area contributed by atoms with Crippen LogP contribution in [-0.2, 0) is 0 Å². The Labute approximate surface area is 115 Å². The Hall–Kier alpha value is -0.610. The molecule has 0 aromatic carbocycles. The van der Waals surface area contributed by atoms with E-state index < -0.39 is 0 Å². The summed E-state index contributed by atoms with van der Waals surface area (Å²) in [6.45, 7) is 2.06. The highest BCUT2D eigenvalue weighted by atomic mass is 35.5. The van der Waals surface area contributed by atoms with Gasteiger partial charge >= 0.3 is 0 Å². The molecule has 2 rings (SSSR count). The van der Waals surface area contributed by atoms with Gasteiger partial charge in [-0.3, -0.25) is 4.98 Å². The molecule has 1 N–H and O–H groups in total. The van der Waals surface area contributed by atoms with Crippen LogP contribution in [-0.4, -0.2) is 12.0 Å². The molecule has 2 aromatic rings. The highest BCUT2D eigenvalue weighted by Gasteiger charge is 2.19. The molecule has 0 radical (unpaired) electrons. The Balaban J connectivity index is 2.47. The second-order valence-electron chi connectivity index (χ2n) is 3.73. The van der Waals surface area contributed by atoms with Gasteiger partial charge in [0.1, 0.15) is 0 Å². The van der Waals surface area contributed by atoms with Crippen LogP contribution in [0, 0.1) is 6.92 Å². The molecular formula is C12H12Cl2N2S. The summed E-state index contributed by atoms with van der Waals surface area (Å²) in [5, 5.41) is 3.25. The minimum atomic E-state index is 0.0277. The van der Waals surface area contributed by atoms with Gasteiger partial charge in [0, 0.05) is 18.0 Å². The Kier molecular flexibility index (Phi) is 4.05. The first kappa shape index (κ1) is 12.8. The van der Waals surface area contributed by atoms with Crippen LogP contribution in [0.1, 0.15) is 22.7 Å². The lowest BCUT2D eigenvalue weighted by atomic mass is 9.99. The zero-order valence-electron chi connectivity index (χ0n) is 9.50. The van der Waals surface area contributed by atoms with Crippen molar-refractivity contribution < 1.29 is 0 Å². The third-order valence-electron chi connectivity index (χ3n) is 2.67. The van der Waals surface area contributed by atoms with Crippen molar-refractivity contribution in [2.75, 3.05) is 7.05 Å². The van der Waals surface area contributed by atoms with Crippen LogP contribution in [0.15, 0.2) is 24.5 Å². The molecule has 2 nitrogen and oxygen atoms in total. The molecule has 1 unspecified atom stereocenters. The minimum Gasteiger partial charge on any atom is -0.309 e. The van der Waals surface area contributed by atoms with E-state index in [9.17, 15) is 0 Å². The first-order valence-electron chi connectivity index (χ1n) is 5.16. The molecule has 0 fully saturated rings. The van der Waals surface area contributed by atoms with Gasteiger partial charge in [-0.1, -0.05) is 23.2 Å². The highest BCUT2D eigenvalue weighted by molar-refractivity contribution is 7.20. The van der Waals surface area contributed by atoms with E-state index in [-0.39, 0.29) is 6.04 Å². The Morgan fingerprint density at radius 1 is 1.35 bits per heavy atom. The number of aromatic nitrogens is 1. The van der Waals surface area contributed by atoms with E-state index in [1.807, 2.05) is 25.4 Å². The third-order valence-corrected chi connectivity index (χ3v) is 4.19. The third kappa shape index (κ3) is 2.63. The average Bonchev–Trinajstić information content (AvgIpc) is 2.62. The second kappa shape index (κ2) is 5.36. The van der Waals surface area contributed by atoms with E-state index in [0.29, 0.717) is 4.34 Å². The van der Waals surface area contributed by atoms with Gasteiger partial charge in [0.2, 0.25) is 0 Å². The zero-order chi connectivity index (χ0) is 12.4. The van der Waals surface area contributed by atoms with E-state index in [4.69, 9.17) is 23.2 Å². The van der Waals surface area contributed by atoms with Gasteiger partial charge in [0.05, 0.1) is 14.7 Å². The zero-order valence-corrected chi connectivity index (χ0v) is 11.8. The normalized spacial score (nSPS) is 12.7. The first-order valence-corrected chi connectivity index (χ1v) is 6.73. The molecular weight excluding hydrogens is 275 g/mol. The number of thiophene rings is 1. The molecule has 0 aliphatic carbocycles. The number of pyridine rings is 1. The Morgan fingerprint density at radius 3 is 2.65 bits per heavy atom. The van der Waals surface area contributed by atoms with E-state index in [1.165, 1.54) is 16.9 Å². The molecule has 0 spiro atoms. The molecule has 0 amide bonds. The van der Waals surface area contributed by atoms with Crippen LogP contribution >= 0.6 is 34.5 Å². The van der Waals surface area contributed by atoms with Crippen LogP contribution in [0.5, 0.6) is 0 Å². The van der Waals surface area contributed by atoms with Crippen LogP contribution in [0.3, 0.4) is 0 Å². The molecule has 17 heavy (non-hydrogen) atoms. The van der Waals surface area contributed by atoms with Crippen LogP contribution in [0.4, 0.5) is 0 Å². The summed E-state index contributed by atoms with van der Waals surface area (Å²) >= 11 is 13.6. The summed E-state index contributed by atoms with van der Waals surface area (Å²) in [7, 11) is 1.90. The molecule has 2 heterocycles. The molecule has 5 heteroatoms. The van der Waals surface area contributed by atoms with Crippen molar-refractivity contribution in [2.24, 2.45) is 0 Å². The molecule has 0 saturated heterocycles. The topological polar surface area (TPSA) is 24.9 Å². The van der Waals surface area contributed by atoms with Gasteiger partial charge in [-0.2, -0.15) is 0 Å². The van der Waals surface area contributed by atoms with E-state index >= 15 is 0 Å². The van der Waals surface area contributed by atoms with E-state index in [2.05, 4.69) is 17.2 Å². The summed E-state index contributed by atoms with van der Waals surface area (Å²) in [5.74, 6) is 0. The van der Waals surface area contributed by atoms with E-state index in [1.54, 1.807) is 6.20 Å². The maximum atomic E-state index is 6.19. The second-order valence-corrected chi connectivity index (χ2v) is 6.02. The van der Waals surface area contributed by atoms with Gasteiger partial charge in [-0.25, -0.2) is 0 Å². The molecule has 90 valence electrons. The summed E-state index contributed by atoms with van der Waals surface area (Å²) in [5.41, 5.74) is 3.30. The largest absolute Gasteiger partial charge is 0.309 e. The Bertz CT molecular complexity index is 525. The molecule has 1 atom stereocenters. The minimum absolute atomic E-state index is 0.0277. The van der Waals surface area contributed by atoms with Crippen molar-refractivity contribution in [3.63, 3.8) is 0 Å². The lowest BCUT2D eigenvalue weighted by molar-refractivity contribution is 0.687. The van der Waals surface area contributed by atoms with Gasteiger partial charge in [-0.15, -0.1) is 11.3 Å². The fraction of sp³-hybridized carbons (Fsp3) is 0.250. The fourth-order valence-corrected chi connectivity index (χ4v) is 3.34.